The molecule has 3 amide bonds. The van der Waals surface area contributed by atoms with E-state index in [4.69, 9.17) is 4.74 Å². The number of benzene rings is 4. The van der Waals surface area contributed by atoms with Gasteiger partial charge in [0, 0.05) is 24.2 Å². The molecule has 5 rings (SSSR count). The lowest BCUT2D eigenvalue weighted by atomic mass is 9.98. The summed E-state index contributed by atoms with van der Waals surface area (Å²) in [4.78, 5) is 45.5. The van der Waals surface area contributed by atoms with Crippen molar-refractivity contribution in [1.29, 1.82) is 0 Å². The number of anilines is 3. The smallest absolute Gasteiger partial charge is 0.258 e. The summed E-state index contributed by atoms with van der Waals surface area (Å²) in [6, 6.07) is 27.7. The van der Waals surface area contributed by atoms with Gasteiger partial charge in [0.1, 0.15) is 12.3 Å². The van der Waals surface area contributed by atoms with E-state index in [-0.39, 0.29) is 24.3 Å². The summed E-state index contributed by atoms with van der Waals surface area (Å²) in [6.07, 6.45) is 0. The summed E-state index contributed by atoms with van der Waals surface area (Å²) in [7, 11) is 5.40. The Kier molecular flexibility index (Phi) is 8.36. The molecule has 8 heteroatoms. The van der Waals surface area contributed by atoms with Crippen molar-refractivity contribution in [1.82, 2.24) is 4.90 Å². The first-order chi connectivity index (χ1) is 20.3. The summed E-state index contributed by atoms with van der Waals surface area (Å²) in [5.41, 5.74) is 5.56. The van der Waals surface area contributed by atoms with Gasteiger partial charge in [0.05, 0.1) is 24.2 Å². The molecule has 4 aromatic carbocycles. The fourth-order valence-electron chi connectivity index (χ4n) is 5.03. The Labute approximate surface area is 246 Å². The first kappa shape index (κ1) is 28.6. The third-order valence-electron chi connectivity index (χ3n) is 7.30. The van der Waals surface area contributed by atoms with Gasteiger partial charge in [-0.05, 0) is 68.5 Å². The number of hydrogen-bond acceptors (Lipinski definition) is 5. The summed E-state index contributed by atoms with van der Waals surface area (Å²) < 4.78 is 5.59. The van der Waals surface area contributed by atoms with Crippen molar-refractivity contribution >= 4 is 34.8 Å². The van der Waals surface area contributed by atoms with E-state index in [1.165, 1.54) is 12.0 Å². The lowest BCUT2D eigenvalue weighted by molar-refractivity contribution is -0.117. The molecule has 4 aromatic rings. The van der Waals surface area contributed by atoms with Gasteiger partial charge in [0.25, 0.3) is 11.8 Å². The molecule has 0 saturated heterocycles. The van der Waals surface area contributed by atoms with Gasteiger partial charge < -0.3 is 19.9 Å². The van der Waals surface area contributed by atoms with Crippen LogP contribution in [-0.2, 0) is 4.79 Å². The normalized spacial score (nSPS) is 12.7. The van der Waals surface area contributed by atoms with Gasteiger partial charge in [0.2, 0.25) is 5.91 Å². The number of nitrogens with one attached hydrogen (secondary N) is 1. The van der Waals surface area contributed by atoms with Gasteiger partial charge in [-0.3, -0.25) is 19.3 Å². The van der Waals surface area contributed by atoms with Crippen LogP contribution in [0.2, 0.25) is 0 Å². The highest BCUT2D eigenvalue weighted by atomic mass is 16.5. The van der Waals surface area contributed by atoms with Gasteiger partial charge >= 0.3 is 0 Å². The molecular weight excluding hydrogens is 528 g/mol. The Morgan fingerprint density at radius 1 is 0.905 bits per heavy atom. The van der Waals surface area contributed by atoms with Crippen molar-refractivity contribution in [2.45, 2.75) is 6.92 Å². The molecule has 0 atom stereocenters. The molecule has 0 fully saturated rings. The van der Waals surface area contributed by atoms with Crippen LogP contribution in [0.3, 0.4) is 0 Å². The Bertz CT molecular complexity index is 1630. The minimum atomic E-state index is -0.330. The first-order valence-electron chi connectivity index (χ1n) is 13.8. The maximum Gasteiger partial charge on any atom is 0.258 e. The maximum atomic E-state index is 13.7. The zero-order valence-electron chi connectivity index (χ0n) is 24.3. The van der Waals surface area contributed by atoms with E-state index < -0.39 is 0 Å². The van der Waals surface area contributed by atoms with Crippen molar-refractivity contribution in [3.8, 4) is 16.9 Å². The van der Waals surface area contributed by atoms with E-state index in [1.54, 1.807) is 29.2 Å². The van der Waals surface area contributed by atoms with E-state index in [0.29, 0.717) is 47.0 Å². The summed E-state index contributed by atoms with van der Waals surface area (Å²) in [5.74, 6) is -0.431. The number of para-hydroxylation sites is 2. The van der Waals surface area contributed by atoms with Crippen LogP contribution in [0, 0.1) is 6.92 Å². The first-order valence-corrected chi connectivity index (χ1v) is 13.8. The lowest BCUT2D eigenvalue weighted by Gasteiger charge is -2.36. The van der Waals surface area contributed by atoms with Crippen LogP contribution in [0.25, 0.3) is 11.1 Å². The summed E-state index contributed by atoms with van der Waals surface area (Å²) in [6.45, 7) is 3.18. The standard InChI is InChI=1S/C34H34N4O4/c1-23-13-15-24(16-14-23)26-9-5-6-10-27(26)33(40)35-28-18-17-25(21-31(28)42-4)34(41)38-22-32(39)37(20-19-36(2)3)29-11-7-8-12-30(29)38/h5-18,21H,19-20,22H2,1-4H3,(H,35,40). The molecule has 42 heavy (non-hydrogen) atoms. The Morgan fingerprint density at radius 3 is 2.31 bits per heavy atom. The number of fused-ring (bicyclic) bond motifs is 1. The molecule has 0 unspecified atom stereocenters. The molecule has 1 N–H and O–H groups in total. The van der Waals surface area contributed by atoms with Crippen molar-refractivity contribution in [2.75, 3.05) is 56.0 Å². The SMILES string of the molecule is COc1cc(C(=O)N2CC(=O)N(CCN(C)C)c3ccccc32)ccc1NC(=O)c1ccccc1-c1ccc(C)cc1. The predicted molar refractivity (Wildman–Crippen MR) is 167 cm³/mol. The van der Waals surface area contributed by atoms with Crippen LogP contribution < -0.4 is 19.9 Å². The molecule has 1 aliphatic rings. The van der Waals surface area contributed by atoms with Gasteiger partial charge in [0.15, 0.2) is 0 Å². The van der Waals surface area contributed by atoms with Crippen LogP contribution in [0.15, 0.2) is 91.0 Å². The molecule has 1 heterocycles. The molecule has 0 aromatic heterocycles. The third-order valence-corrected chi connectivity index (χ3v) is 7.30. The average molecular weight is 563 g/mol. The summed E-state index contributed by atoms with van der Waals surface area (Å²) in [5, 5.41) is 2.94. The highest BCUT2D eigenvalue weighted by molar-refractivity contribution is 6.16. The van der Waals surface area contributed by atoms with Crippen molar-refractivity contribution < 1.29 is 19.1 Å². The number of nitrogens with zero attached hydrogens (tertiary/aromatic N) is 3. The number of hydrogen-bond donors (Lipinski definition) is 1. The fourth-order valence-corrected chi connectivity index (χ4v) is 5.03. The van der Waals surface area contributed by atoms with Crippen molar-refractivity contribution in [3.05, 3.63) is 108 Å². The van der Waals surface area contributed by atoms with Crippen molar-refractivity contribution in [3.63, 3.8) is 0 Å². The third kappa shape index (κ3) is 5.89. The Balaban J connectivity index is 1.39. The largest absolute Gasteiger partial charge is 0.495 e. The van der Waals surface area contributed by atoms with Crippen LogP contribution in [0.1, 0.15) is 26.3 Å². The Morgan fingerprint density at radius 2 is 1.60 bits per heavy atom. The monoisotopic (exact) mass is 562 g/mol. The zero-order chi connectivity index (χ0) is 29.8. The van der Waals surface area contributed by atoms with Crippen LogP contribution >= 0.6 is 0 Å². The van der Waals surface area contributed by atoms with Crippen LogP contribution in [0.4, 0.5) is 17.1 Å². The van der Waals surface area contributed by atoms with Gasteiger partial charge in [-0.25, -0.2) is 0 Å². The van der Waals surface area contributed by atoms with Crippen molar-refractivity contribution in [2.24, 2.45) is 0 Å². The predicted octanol–water partition coefficient (Wildman–Crippen LogP) is 5.48. The van der Waals surface area contributed by atoms with E-state index in [2.05, 4.69) is 5.32 Å². The molecular formula is C34H34N4O4. The van der Waals surface area contributed by atoms with E-state index in [0.717, 1.165) is 16.7 Å². The quantitative estimate of drug-likeness (QED) is 0.308. The highest BCUT2D eigenvalue weighted by Gasteiger charge is 2.33. The topological polar surface area (TPSA) is 82.2 Å². The maximum absolute atomic E-state index is 13.7. The number of aryl methyl sites for hydroxylation is 1. The van der Waals surface area contributed by atoms with Gasteiger partial charge in [-0.15, -0.1) is 0 Å². The lowest BCUT2D eigenvalue weighted by Crippen LogP contribution is -2.49. The fraction of sp³-hybridized carbons (Fsp3) is 0.206. The van der Waals surface area contributed by atoms with Gasteiger partial charge in [-0.2, -0.15) is 0 Å². The Hall–Kier alpha value is -4.95. The second-order valence-corrected chi connectivity index (χ2v) is 10.5. The second kappa shape index (κ2) is 12.3. The van der Waals surface area contributed by atoms with Crippen LogP contribution in [0.5, 0.6) is 5.75 Å². The molecule has 0 saturated carbocycles. The molecule has 1 aliphatic heterocycles. The summed E-state index contributed by atoms with van der Waals surface area (Å²) >= 11 is 0. The minimum absolute atomic E-state index is 0.0696. The second-order valence-electron chi connectivity index (χ2n) is 10.5. The molecule has 0 radical (unpaired) electrons. The zero-order valence-corrected chi connectivity index (χ0v) is 24.3. The minimum Gasteiger partial charge on any atom is -0.495 e. The molecule has 0 bridgehead atoms. The highest BCUT2D eigenvalue weighted by Crippen LogP contribution is 2.35. The number of ether oxygens (including phenoxy) is 1. The number of carbonyl (C=O) groups excluding carboxylic acids is 3. The number of likely N-dealkylation sites (N-methyl/N-ethyl adjacent to an activating group) is 1. The molecule has 214 valence electrons. The molecule has 8 nitrogen and oxygen atoms in total. The van der Waals surface area contributed by atoms with Gasteiger partial charge in [-0.1, -0.05) is 60.2 Å². The average Bonchev–Trinajstić information content (AvgIpc) is 3.00. The molecule has 0 spiro atoms. The number of methoxy groups -OCH3 is 1. The van der Waals surface area contributed by atoms with Crippen LogP contribution in [-0.4, -0.2) is 63.5 Å². The van der Waals surface area contributed by atoms with E-state index in [9.17, 15) is 14.4 Å². The molecule has 0 aliphatic carbocycles. The number of rotatable bonds is 8. The number of carbonyl (C=O) groups is 3. The number of amides is 3. The van der Waals surface area contributed by atoms with E-state index in [1.807, 2.05) is 92.6 Å². The van der Waals surface area contributed by atoms with E-state index >= 15 is 0 Å².